The average Bonchev–Trinajstić information content (AvgIpc) is 1.68. The van der Waals surface area contributed by atoms with E-state index in [1.807, 2.05) is 6.92 Å². The van der Waals surface area contributed by atoms with Gasteiger partial charge in [-0.05, 0) is 6.92 Å². The second kappa shape index (κ2) is 3.17. The van der Waals surface area contributed by atoms with Crippen LogP contribution in [0.25, 0.3) is 0 Å². The van der Waals surface area contributed by atoms with Crippen LogP contribution in [0.15, 0.2) is 17.9 Å². The van der Waals surface area contributed by atoms with Crippen LogP contribution in [0.4, 0.5) is 0 Å². The molecule has 0 unspecified atom stereocenters. The molecule has 0 spiro atoms. The fraction of sp³-hybridized carbons (Fsp3) is 0.167. The van der Waals surface area contributed by atoms with Gasteiger partial charge >= 0.3 is 6.21 Å². The van der Waals surface area contributed by atoms with Gasteiger partial charge in [0.2, 0.25) is 0 Å². The minimum Gasteiger partial charge on any atom is -0.118 e. The maximum atomic E-state index is 3.49. The van der Waals surface area contributed by atoms with E-state index in [1.54, 1.807) is 6.21 Å². The van der Waals surface area contributed by atoms with Crippen LogP contribution in [-0.4, -0.2) is 12.9 Å². The van der Waals surface area contributed by atoms with Crippen LogP contribution < -0.4 is 4.67 Å². The zero-order chi connectivity index (χ0) is 5.70. The van der Waals surface area contributed by atoms with Gasteiger partial charge < -0.3 is 0 Å². The molecule has 7 heavy (non-hydrogen) atoms. The summed E-state index contributed by atoms with van der Waals surface area (Å²) in [5, 5.41) is 0. The Kier molecular flexibility index (Phi) is 2.70. The molecule has 0 aromatic carbocycles. The van der Waals surface area contributed by atoms with Crippen molar-refractivity contribution in [2.75, 3.05) is 0 Å². The fourth-order valence-corrected chi connectivity index (χ4v) is 0.183. The summed E-state index contributed by atoms with van der Waals surface area (Å²) in [5.41, 5.74) is 3.56. The van der Waals surface area contributed by atoms with Crippen molar-refractivity contribution in [3.05, 3.63) is 17.9 Å². The Balaban J connectivity index is 4.10. The molecule has 0 N–H and O–H groups in total. The van der Waals surface area contributed by atoms with E-state index in [1.165, 1.54) is 0 Å². The van der Waals surface area contributed by atoms with Gasteiger partial charge in [0, 0.05) is 0 Å². The molecule has 0 atom stereocenters. The predicted molar refractivity (Wildman–Crippen MR) is 33.6 cm³/mol. The van der Waals surface area contributed by atoms with Gasteiger partial charge in [0.25, 0.3) is 6.72 Å². The summed E-state index contributed by atoms with van der Waals surface area (Å²) in [6, 6.07) is 0. The molecule has 0 aliphatic heterocycles. The lowest BCUT2D eigenvalue weighted by molar-refractivity contribution is 1.61. The molecule has 36 valence electrons. The van der Waals surface area contributed by atoms with E-state index in [0.717, 1.165) is 5.57 Å². The Morgan fingerprint density at radius 2 is 2.43 bits per heavy atom. The third-order valence-corrected chi connectivity index (χ3v) is 0.564. The van der Waals surface area contributed by atoms with E-state index in [2.05, 4.69) is 23.7 Å². The maximum Gasteiger partial charge on any atom is 0.302 e. The van der Waals surface area contributed by atoms with Crippen LogP contribution in [0.3, 0.4) is 0 Å². The lowest BCUT2D eigenvalue weighted by atomic mass is 10.4. The molecule has 0 aromatic rings. The van der Waals surface area contributed by atoms with Gasteiger partial charge in [0.1, 0.15) is 0 Å². The van der Waals surface area contributed by atoms with Gasteiger partial charge in [-0.1, -0.05) is 6.58 Å². The number of hydrogen-bond donors (Lipinski definition) is 0. The molecule has 0 saturated carbocycles. The Bertz CT molecular complexity index is 144. The molecule has 0 saturated heterocycles. The van der Waals surface area contributed by atoms with E-state index < -0.39 is 0 Å². The van der Waals surface area contributed by atoms with Crippen molar-refractivity contribution in [1.82, 2.24) is 4.67 Å². The third-order valence-electron chi connectivity index (χ3n) is 0.564. The number of allylic oxidation sites excluding steroid dienone is 1. The molecule has 0 aliphatic carbocycles. The van der Waals surface area contributed by atoms with Gasteiger partial charge in [-0.3, -0.25) is 0 Å². The summed E-state index contributed by atoms with van der Waals surface area (Å²) >= 11 is 0. The molecule has 0 heterocycles. The van der Waals surface area contributed by atoms with E-state index in [9.17, 15) is 0 Å². The van der Waals surface area contributed by atoms with E-state index in [0.29, 0.717) is 0 Å². The van der Waals surface area contributed by atoms with Crippen molar-refractivity contribution in [3.8, 4) is 0 Å². The molecular formula is C6H8N+. The number of nitrogens with zero attached hydrogens (tertiary/aromatic N) is 1. The lowest BCUT2D eigenvalue weighted by Gasteiger charge is -1.63. The van der Waals surface area contributed by atoms with E-state index in [4.69, 9.17) is 0 Å². The molecule has 0 aromatic heterocycles. The molecule has 0 radical (unpaired) electrons. The van der Waals surface area contributed by atoms with Crippen molar-refractivity contribution < 1.29 is 0 Å². The molecule has 0 bridgehead atoms. The van der Waals surface area contributed by atoms with Crippen molar-refractivity contribution in [3.63, 3.8) is 0 Å². The fourth-order valence-electron chi connectivity index (χ4n) is 0.183. The second-order valence-corrected chi connectivity index (χ2v) is 1.17. The first kappa shape index (κ1) is 5.97. The molecule has 0 aliphatic rings. The minimum absolute atomic E-state index is 0.912. The normalized spacial score (nSPS) is 5.86. The van der Waals surface area contributed by atoms with Gasteiger partial charge in [-0.15, -0.1) is 10.4 Å². The summed E-state index contributed by atoms with van der Waals surface area (Å²) in [7, 11) is 0. The van der Waals surface area contributed by atoms with Crippen molar-refractivity contribution in [2.45, 2.75) is 6.92 Å². The molecule has 1 heteroatoms. The first-order chi connectivity index (χ1) is 3.31. The number of hydrogen-bond acceptors (Lipinski definition) is 0. The van der Waals surface area contributed by atoms with Gasteiger partial charge in [0.15, 0.2) is 0 Å². The highest BCUT2D eigenvalue weighted by Crippen LogP contribution is 1.74. The van der Waals surface area contributed by atoms with Gasteiger partial charge in [-0.25, -0.2) is 0 Å². The predicted octanol–water partition coefficient (Wildman–Crippen LogP) is 0.556. The summed E-state index contributed by atoms with van der Waals surface area (Å²) in [6.07, 6.45) is 1.60. The molecule has 0 rings (SSSR count). The van der Waals surface area contributed by atoms with Crippen LogP contribution in [0.2, 0.25) is 0 Å². The van der Waals surface area contributed by atoms with E-state index >= 15 is 0 Å². The molecular weight excluding hydrogens is 86.1 g/mol. The first-order valence-corrected chi connectivity index (χ1v) is 1.97. The highest BCUT2D eigenvalue weighted by atomic mass is 14.5. The van der Waals surface area contributed by atoms with Crippen molar-refractivity contribution >= 4 is 12.9 Å². The highest BCUT2D eigenvalue weighted by Gasteiger charge is 1.79. The minimum atomic E-state index is 0.912. The summed E-state index contributed by atoms with van der Waals surface area (Å²) in [6.45, 7) is 8.52. The first-order valence-electron chi connectivity index (χ1n) is 1.97. The Labute approximate surface area is 43.4 Å². The van der Waals surface area contributed by atoms with Crippen LogP contribution in [0.5, 0.6) is 0 Å². The van der Waals surface area contributed by atoms with Gasteiger partial charge in [0.05, 0.1) is 5.57 Å². The quantitative estimate of drug-likeness (QED) is 0.256. The Morgan fingerprint density at radius 3 is 2.57 bits per heavy atom. The largest absolute Gasteiger partial charge is 0.302 e. The molecule has 0 amide bonds. The third kappa shape index (κ3) is 2.78. The summed E-state index contributed by atoms with van der Waals surface area (Å²) < 4.78 is 3.49. The zero-order valence-corrected chi connectivity index (χ0v) is 4.44. The van der Waals surface area contributed by atoms with Crippen molar-refractivity contribution in [1.29, 1.82) is 0 Å². The van der Waals surface area contributed by atoms with Crippen LogP contribution in [0, 0.1) is 0 Å². The summed E-state index contributed by atoms with van der Waals surface area (Å²) in [5.74, 6) is 0. The number of rotatable bonds is 1. The second-order valence-electron chi connectivity index (χ2n) is 1.17. The molecule has 0 fully saturated rings. The smallest absolute Gasteiger partial charge is 0.118 e. The Hall–Kier alpha value is -1.03. The topological polar surface area (TPSA) is 14.1 Å². The lowest BCUT2D eigenvalue weighted by Crippen LogP contribution is -1.75. The van der Waals surface area contributed by atoms with E-state index in [-0.39, 0.29) is 0 Å². The van der Waals surface area contributed by atoms with Crippen LogP contribution in [0.1, 0.15) is 6.92 Å². The summed E-state index contributed by atoms with van der Waals surface area (Å²) in [4.78, 5) is 0. The molecule has 1 nitrogen and oxygen atoms in total. The SMILES string of the molecule is C=C=C(C)C=[N+]=C. The van der Waals surface area contributed by atoms with Crippen LogP contribution >= 0.6 is 0 Å². The maximum absolute atomic E-state index is 3.49. The monoisotopic (exact) mass is 94.1 g/mol. The highest BCUT2D eigenvalue weighted by molar-refractivity contribution is 5.77. The van der Waals surface area contributed by atoms with Crippen molar-refractivity contribution in [2.24, 2.45) is 0 Å². The van der Waals surface area contributed by atoms with Crippen LogP contribution in [-0.2, 0) is 0 Å². The Morgan fingerprint density at radius 1 is 1.86 bits per heavy atom. The zero-order valence-electron chi connectivity index (χ0n) is 4.44. The average molecular weight is 94.1 g/mol. The standard InChI is InChI=1S/C6H8N/c1-4-6(2)5-7-3/h5H,1,3H2,2H3/q+1. The van der Waals surface area contributed by atoms with Gasteiger partial charge in [-0.2, -0.15) is 0 Å².